The molecule has 3 nitrogen and oxygen atoms in total. The SMILES string of the molecule is OC(OCCCN1CCc2ccccc21)c1ccccc1. The summed E-state index contributed by atoms with van der Waals surface area (Å²) in [6, 6.07) is 18.1. The Kier molecular flexibility index (Phi) is 4.53. The molecule has 0 fully saturated rings. The Balaban J connectivity index is 1.43. The maximum Gasteiger partial charge on any atom is 0.181 e. The van der Waals surface area contributed by atoms with Crippen LogP contribution in [0.1, 0.15) is 23.8 Å². The summed E-state index contributed by atoms with van der Waals surface area (Å²) in [5.41, 5.74) is 3.59. The molecule has 1 N–H and O–H groups in total. The summed E-state index contributed by atoms with van der Waals surface area (Å²) < 4.78 is 5.50. The van der Waals surface area contributed by atoms with E-state index in [1.165, 1.54) is 11.3 Å². The molecule has 1 aliphatic heterocycles. The van der Waals surface area contributed by atoms with Gasteiger partial charge in [-0.1, -0.05) is 48.5 Å². The molecule has 1 unspecified atom stereocenters. The van der Waals surface area contributed by atoms with Gasteiger partial charge in [0.25, 0.3) is 0 Å². The smallest absolute Gasteiger partial charge is 0.181 e. The molecule has 0 amide bonds. The highest BCUT2D eigenvalue weighted by Crippen LogP contribution is 2.27. The number of aliphatic hydroxyl groups excluding tert-OH is 1. The number of anilines is 1. The predicted octanol–water partition coefficient (Wildman–Crippen LogP) is 3.15. The first-order valence-corrected chi connectivity index (χ1v) is 7.52. The molecule has 0 spiro atoms. The maximum absolute atomic E-state index is 9.93. The first kappa shape index (κ1) is 14.1. The van der Waals surface area contributed by atoms with Gasteiger partial charge in [0.1, 0.15) is 0 Å². The molecule has 0 aromatic heterocycles. The highest BCUT2D eigenvalue weighted by atomic mass is 16.6. The highest BCUT2D eigenvalue weighted by molar-refractivity contribution is 5.57. The fourth-order valence-corrected chi connectivity index (χ4v) is 2.80. The van der Waals surface area contributed by atoms with Crippen molar-refractivity contribution in [1.82, 2.24) is 0 Å². The molecule has 0 bridgehead atoms. The molecular formula is C18H21NO2. The summed E-state index contributed by atoms with van der Waals surface area (Å²) in [6.07, 6.45) is 1.22. The predicted molar refractivity (Wildman–Crippen MR) is 84.3 cm³/mol. The van der Waals surface area contributed by atoms with Crippen LogP contribution in [0.15, 0.2) is 54.6 Å². The van der Waals surface area contributed by atoms with E-state index in [0.717, 1.165) is 31.5 Å². The monoisotopic (exact) mass is 283 g/mol. The summed E-state index contributed by atoms with van der Waals surface area (Å²) in [7, 11) is 0. The quantitative estimate of drug-likeness (QED) is 0.653. The zero-order chi connectivity index (χ0) is 14.5. The lowest BCUT2D eigenvalue weighted by Crippen LogP contribution is -2.23. The second-order valence-electron chi connectivity index (χ2n) is 5.35. The van der Waals surface area contributed by atoms with E-state index in [-0.39, 0.29) is 0 Å². The van der Waals surface area contributed by atoms with E-state index in [2.05, 4.69) is 29.2 Å². The van der Waals surface area contributed by atoms with Gasteiger partial charge in [0.15, 0.2) is 6.29 Å². The summed E-state index contributed by atoms with van der Waals surface area (Å²) in [5.74, 6) is 0. The third-order valence-electron chi connectivity index (χ3n) is 3.92. The van der Waals surface area contributed by atoms with Crippen LogP contribution in [-0.4, -0.2) is 24.8 Å². The lowest BCUT2D eigenvalue weighted by Gasteiger charge is -2.20. The summed E-state index contributed by atoms with van der Waals surface area (Å²) in [5, 5.41) is 9.93. The molecule has 3 rings (SSSR count). The number of hydrogen-bond acceptors (Lipinski definition) is 3. The van der Waals surface area contributed by atoms with Crippen LogP contribution in [0.4, 0.5) is 5.69 Å². The van der Waals surface area contributed by atoms with Crippen LogP contribution in [0.3, 0.4) is 0 Å². The van der Waals surface area contributed by atoms with Crippen LogP contribution in [0.25, 0.3) is 0 Å². The number of fused-ring (bicyclic) bond motifs is 1. The lowest BCUT2D eigenvalue weighted by molar-refractivity contribution is -0.103. The van der Waals surface area contributed by atoms with Crippen LogP contribution in [0, 0.1) is 0 Å². The third kappa shape index (κ3) is 3.43. The zero-order valence-electron chi connectivity index (χ0n) is 12.1. The zero-order valence-corrected chi connectivity index (χ0v) is 12.1. The normalized spacial score (nSPS) is 15.0. The molecule has 3 heteroatoms. The van der Waals surface area contributed by atoms with Crippen molar-refractivity contribution in [3.05, 3.63) is 65.7 Å². The molecule has 0 saturated heterocycles. The van der Waals surface area contributed by atoms with Crippen LogP contribution < -0.4 is 4.90 Å². The number of para-hydroxylation sites is 1. The Morgan fingerprint density at radius 1 is 1.05 bits per heavy atom. The van der Waals surface area contributed by atoms with E-state index in [0.29, 0.717) is 6.61 Å². The van der Waals surface area contributed by atoms with Gasteiger partial charge < -0.3 is 14.7 Å². The summed E-state index contributed by atoms with van der Waals surface area (Å²) >= 11 is 0. The lowest BCUT2D eigenvalue weighted by atomic mass is 10.2. The minimum Gasteiger partial charge on any atom is -0.371 e. The van der Waals surface area contributed by atoms with Crippen molar-refractivity contribution < 1.29 is 9.84 Å². The third-order valence-corrected chi connectivity index (χ3v) is 3.92. The van der Waals surface area contributed by atoms with E-state index >= 15 is 0 Å². The topological polar surface area (TPSA) is 32.7 Å². The highest BCUT2D eigenvalue weighted by Gasteiger charge is 2.17. The number of nitrogens with zero attached hydrogens (tertiary/aromatic N) is 1. The van der Waals surface area contributed by atoms with Gasteiger partial charge in [0.2, 0.25) is 0 Å². The fraction of sp³-hybridized carbons (Fsp3) is 0.333. The maximum atomic E-state index is 9.93. The van der Waals surface area contributed by atoms with Crippen molar-refractivity contribution in [2.24, 2.45) is 0 Å². The van der Waals surface area contributed by atoms with Gasteiger partial charge in [-0.2, -0.15) is 0 Å². The van der Waals surface area contributed by atoms with Gasteiger partial charge in [-0.3, -0.25) is 0 Å². The Hall–Kier alpha value is -1.84. The van der Waals surface area contributed by atoms with Gasteiger partial charge in [-0.15, -0.1) is 0 Å². The van der Waals surface area contributed by atoms with Crippen LogP contribution in [-0.2, 0) is 11.2 Å². The molecule has 2 aromatic carbocycles. The van der Waals surface area contributed by atoms with Gasteiger partial charge >= 0.3 is 0 Å². The second kappa shape index (κ2) is 6.74. The van der Waals surface area contributed by atoms with Crippen molar-refractivity contribution in [2.75, 3.05) is 24.6 Å². The molecule has 21 heavy (non-hydrogen) atoms. The number of aliphatic hydroxyl groups is 1. The molecular weight excluding hydrogens is 262 g/mol. The molecule has 110 valence electrons. The van der Waals surface area contributed by atoms with Crippen molar-refractivity contribution in [1.29, 1.82) is 0 Å². The van der Waals surface area contributed by atoms with E-state index < -0.39 is 6.29 Å². The Labute approximate surface area is 125 Å². The molecule has 0 aliphatic carbocycles. The van der Waals surface area contributed by atoms with E-state index in [1.54, 1.807) is 0 Å². The minimum atomic E-state index is -0.822. The van der Waals surface area contributed by atoms with E-state index in [1.807, 2.05) is 30.3 Å². The summed E-state index contributed by atoms with van der Waals surface area (Å²) in [4.78, 5) is 2.40. The van der Waals surface area contributed by atoms with Gasteiger partial charge in [-0.25, -0.2) is 0 Å². The largest absolute Gasteiger partial charge is 0.371 e. The Morgan fingerprint density at radius 2 is 1.81 bits per heavy atom. The van der Waals surface area contributed by atoms with Crippen molar-refractivity contribution in [2.45, 2.75) is 19.1 Å². The Morgan fingerprint density at radius 3 is 2.67 bits per heavy atom. The first-order chi connectivity index (χ1) is 10.3. The number of rotatable bonds is 6. The van der Waals surface area contributed by atoms with Gasteiger partial charge in [0.05, 0.1) is 6.61 Å². The van der Waals surface area contributed by atoms with Gasteiger partial charge in [-0.05, 0) is 24.5 Å². The molecule has 1 atom stereocenters. The fourth-order valence-electron chi connectivity index (χ4n) is 2.80. The number of ether oxygens (including phenoxy) is 1. The minimum absolute atomic E-state index is 0.564. The molecule has 1 aliphatic rings. The van der Waals surface area contributed by atoms with Crippen LogP contribution >= 0.6 is 0 Å². The van der Waals surface area contributed by atoms with E-state index in [9.17, 15) is 5.11 Å². The molecule has 0 radical (unpaired) electrons. The average molecular weight is 283 g/mol. The van der Waals surface area contributed by atoms with Crippen molar-refractivity contribution >= 4 is 5.69 Å². The second-order valence-corrected chi connectivity index (χ2v) is 5.35. The van der Waals surface area contributed by atoms with Crippen LogP contribution in [0.2, 0.25) is 0 Å². The van der Waals surface area contributed by atoms with Crippen molar-refractivity contribution in [3.8, 4) is 0 Å². The van der Waals surface area contributed by atoms with Gasteiger partial charge in [0, 0.05) is 24.3 Å². The number of benzene rings is 2. The Bertz CT molecular complexity index is 570. The van der Waals surface area contributed by atoms with Crippen LogP contribution in [0.5, 0.6) is 0 Å². The van der Waals surface area contributed by atoms with E-state index in [4.69, 9.17) is 4.74 Å². The molecule has 0 saturated carbocycles. The summed E-state index contributed by atoms with van der Waals surface area (Å²) in [6.45, 7) is 2.62. The first-order valence-electron chi connectivity index (χ1n) is 7.52. The molecule has 2 aromatic rings. The molecule has 1 heterocycles. The van der Waals surface area contributed by atoms with Crippen molar-refractivity contribution in [3.63, 3.8) is 0 Å². The standard InChI is InChI=1S/C18H21NO2/c20-18(16-8-2-1-3-9-16)21-14-6-12-19-13-11-15-7-4-5-10-17(15)19/h1-5,7-10,18,20H,6,11-14H2. The number of hydrogen-bond donors (Lipinski definition) is 1. The average Bonchev–Trinajstić information content (AvgIpc) is 2.95.